The molecule has 0 aliphatic carbocycles. The third-order valence-corrected chi connectivity index (χ3v) is 4.23. The normalized spacial score (nSPS) is 13.7. The second-order valence-electron chi connectivity index (χ2n) is 3.65. The van der Waals surface area contributed by atoms with Crippen molar-refractivity contribution in [3.63, 3.8) is 0 Å². The van der Waals surface area contributed by atoms with E-state index in [0.717, 1.165) is 5.56 Å². The van der Waals surface area contributed by atoms with Gasteiger partial charge in [-0.1, -0.05) is 30.3 Å². The van der Waals surface area contributed by atoms with Crippen molar-refractivity contribution in [3.05, 3.63) is 35.9 Å². The third kappa shape index (κ3) is 4.26. The van der Waals surface area contributed by atoms with Gasteiger partial charge < -0.3 is 0 Å². The van der Waals surface area contributed by atoms with Crippen molar-refractivity contribution in [3.8, 4) is 0 Å². The minimum Gasteiger partial charge on any atom is -0.229 e. The predicted molar refractivity (Wildman–Crippen MR) is 67.2 cm³/mol. The van der Waals surface area contributed by atoms with Crippen molar-refractivity contribution in [1.82, 2.24) is 0 Å². The molecule has 1 unspecified atom stereocenters. The van der Waals surface area contributed by atoms with Crippen molar-refractivity contribution in [2.24, 2.45) is 0 Å². The van der Waals surface area contributed by atoms with Crippen molar-refractivity contribution >= 4 is 22.5 Å². The van der Waals surface area contributed by atoms with Crippen LogP contribution in [0.3, 0.4) is 0 Å². The Morgan fingerprint density at radius 1 is 1.27 bits per heavy atom. The second kappa shape index (κ2) is 5.56. The van der Waals surface area contributed by atoms with Gasteiger partial charge in [0.25, 0.3) is 0 Å². The van der Waals surface area contributed by atoms with Crippen LogP contribution in [0, 0.1) is 0 Å². The van der Waals surface area contributed by atoms with Crippen molar-refractivity contribution in [2.45, 2.75) is 18.1 Å². The highest BCUT2D eigenvalue weighted by Gasteiger charge is 2.19. The molecule has 1 atom stereocenters. The van der Waals surface area contributed by atoms with E-state index in [0.29, 0.717) is 18.6 Å². The molecule has 84 valence electrons. The largest absolute Gasteiger partial charge is 0.229 e. The maximum absolute atomic E-state index is 11.5. The molecule has 0 saturated carbocycles. The summed E-state index contributed by atoms with van der Waals surface area (Å²) in [6.07, 6.45) is 2.49. The smallest absolute Gasteiger partial charge is 0.150 e. The standard InChI is InChI=1S/C11H16O2S2/c1-15(12,13)11(7-8-14)9-10-5-3-2-4-6-10/h2-6,11,14H,7-9H2,1H3. The van der Waals surface area contributed by atoms with Gasteiger partial charge in [-0.2, -0.15) is 12.6 Å². The van der Waals surface area contributed by atoms with E-state index in [1.165, 1.54) is 6.26 Å². The Balaban J connectivity index is 2.76. The molecule has 1 rings (SSSR count). The molecule has 0 bridgehead atoms. The van der Waals surface area contributed by atoms with Gasteiger partial charge in [0.15, 0.2) is 9.84 Å². The van der Waals surface area contributed by atoms with E-state index in [2.05, 4.69) is 12.6 Å². The SMILES string of the molecule is CS(=O)(=O)C(CCS)Cc1ccccc1. The zero-order valence-corrected chi connectivity index (χ0v) is 10.5. The van der Waals surface area contributed by atoms with Crippen LogP contribution in [0.2, 0.25) is 0 Å². The monoisotopic (exact) mass is 244 g/mol. The summed E-state index contributed by atoms with van der Waals surface area (Å²) < 4.78 is 23.0. The molecule has 15 heavy (non-hydrogen) atoms. The Morgan fingerprint density at radius 3 is 2.33 bits per heavy atom. The maximum atomic E-state index is 11.5. The Bertz CT molecular complexity index is 384. The van der Waals surface area contributed by atoms with Gasteiger partial charge in [-0.3, -0.25) is 0 Å². The van der Waals surface area contributed by atoms with E-state index >= 15 is 0 Å². The average molecular weight is 244 g/mol. The number of thiol groups is 1. The summed E-state index contributed by atoms with van der Waals surface area (Å²) in [6, 6.07) is 9.69. The molecule has 1 aromatic rings. The molecular weight excluding hydrogens is 228 g/mol. The van der Waals surface area contributed by atoms with E-state index in [4.69, 9.17) is 0 Å². The molecule has 0 spiro atoms. The van der Waals surface area contributed by atoms with Crippen LogP contribution >= 0.6 is 12.6 Å². The summed E-state index contributed by atoms with van der Waals surface area (Å²) in [5.41, 5.74) is 1.06. The number of benzene rings is 1. The van der Waals surface area contributed by atoms with Gasteiger partial charge in [0.05, 0.1) is 5.25 Å². The zero-order chi connectivity index (χ0) is 11.3. The Labute approximate surface area is 97.0 Å². The maximum Gasteiger partial charge on any atom is 0.150 e. The fourth-order valence-electron chi connectivity index (χ4n) is 1.49. The molecule has 2 nitrogen and oxygen atoms in total. The molecule has 0 heterocycles. The average Bonchev–Trinajstić information content (AvgIpc) is 2.17. The lowest BCUT2D eigenvalue weighted by molar-refractivity contribution is 0.581. The van der Waals surface area contributed by atoms with Crippen LogP contribution in [0.5, 0.6) is 0 Å². The van der Waals surface area contributed by atoms with E-state index in [1.54, 1.807) is 0 Å². The summed E-state index contributed by atoms with van der Waals surface area (Å²) >= 11 is 4.09. The first-order valence-electron chi connectivity index (χ1n) is 4.87. The minimum atomic E-state index is -2.97. The van der Waals surface area contributed by atoms with Crippen LogP contribution in [-0.2, 0) is 16.3 Å². The van der Waals surface area contributed by atoms with Gasteiger partial charge >= 0.3 is 0 Å². The molecule has 0 radical (unpaired) electrons. The van der Waals surface area contributed by atoms with E-state index in [1.807, 2.05) is 30.3 Å². The van der Waals surface area contributed by atoms with Gasteiger partial charge in [-0.05, 0) is 24.2 Å². The Kier molecular flexibility index (Phi) is 4.67. The predicted octanol–water partition coefficient (Wildman–Crippen LogP) is 1.96. The fraction of sp³-hybridized carbons (Fsp3) is 0.455. The highest BCUT2D eigenvalue weighted by atomic mass is 32.2. The fourth-order valence-corrected chi connectivity index (χ4v) is 3.02. The van der Waals surface area contributed by atoms with Gasteiger partial charge in [0, 0.05) is 6.26 Å². The topological polar surface area (TPSA) is 34.1 Å². The minimum absolute atomic E-state index is 0.308. The molecule has 0 fully saturated rings. The summed E-state index contributed by atoms with van der Waals surface area (Å²) in [6.45, 7) is 0. The van der Waals surface area contributed by atoms with E-state index in [-0.39, 0.29) is 5.25 Å². The Hall–Kier alpha value is -0.480. The molecule has 0 amide bonds. The highest BCUT2D eigenvalue weighted by molar-refractivity contribution is 7.91. The van der Waals surface area contributed by atoms with Crippen LogP contribution < -0.4 is 0 Å². The number of rotatable bonds is 5. The van der Waals surface area contributed by atoms with E-state index in [9.17, 15) is 8.42 Å². The van der Waals surface area contributed by atoms with Gasteiger partial charge in [0.1, 0.15) is 0 Å². The lowest BCUT2D eigenvalue weighted by atomic mass is 10.1. The van der Waals surface area contributed by atoms with Crippen LogP contribution in [0.1, 0.15) is 12.0 Å². The number of sulfone groups is 1. The van der Waals surface area contributed by atoms with Gasteiger partial charge in [-0.15, -0.1) is 0 Å². The summed E-state index contributed by atoms with van der Waals surface area (Å²) in [4.78, 5) is 0. The van der Waals surface area contributed by atoms with Crippen molar-refractivity contribution < 1.29 is 8.42 Å². The third-order valence-electron chi connectivity index (χ3n) is 2.36. The molecule has 1 aromatic carbocycles. The molecule has 0 N–H and O–H groups in total. The van der Waals surface area contributed by atoms with Crippen molar-refractivity contribution in [1.29, 1.82) is 0 Å². The summed E-state index contributed by atoms with van der Waals surface area (Å²) in [5.74, 6) is 0.602. The van der Waals surface area contributed by atoms with Crippen LogP contribution in [-0.4, -0.2) is 25.7 Å². The first kappa shape index (κ1) is 12.6. The zero-order valence-electron chi connectivity index (χ0n) is 8.76. The first-order valence-corrected chi connectivity index (χ1v) is 7.46. The molecule has 0 aliphatic heterocycles. The Morgan fingerprint density at radius 2 is 1.87 bits per heavy atom. The van der Waals surface area contributed by atoms with Gasteiger partial charge in [-0.25, -0.2) is 8.42 Å². The lowest BCUT2D eigenvalue weighted by Crippen LogP contribution is -2.23. The van der Waals surface area contributed by atoms with Crippen LogP contribution in [0.15, 0.2) is 30.3 Å². The van der Waals surface area contributed by atoms with Crippen LogP contribution in [0.25, 0.3) is 0 Å². The lowest BCUT2D eigenvalue weighted by Gasteiger charge is -2.13. The number of hydrogen-bond acceptors (Lipinski definition) is 3. The van der Waals surface area contributed by atoms with Gasteiger partial charge in [0.2, 0.25) is 0 Å². The molecule has 0 saturated heterocycles. The van der Waals surface area contributed by atoms with Crippen LogP contribution in [0.4, 0.5) is 0 Å². The highest BCUT2D eigenvalue weighted by Crippen LogP contribution is 2.13. The quantitative estimate of drug-likeness (QED) is 0.803. The number of hydrogen-bond donors (Lipinski definition) is 1. The molecule has 0 aromatic heterocycles. The summed E-state index contributed by atoms with van der Waals surface area (Å²) in [5, 5.41) is -0.308. The van der Waals surface area contributed by atoms with Crippen molar-refractivity contribution in [2.75, 3.05) is 12.0 Å². The first-order chi connectivity index (χ1) is 7.04. The second-order valence-corrected chi connectivity index (χ2v) is 6.43. The molecule has 0 aliphatic rings. The molecule has 4 heteroatoms. The molecular formula is C11H16O2S2. The van der Waals surface area contributed by atoms with E-state index < -0.39 is 9.84 Å². The summed E-state index contributed by atoms with van der Waals surface area (Å²) in [7, 11) is -2.97.